The van der Waals surface area contributed by atoms with Crippen molar-refractivity contribution in [3.05, 3.63) is 81.3 Å². The van der Waals surface area contributed by atoms with Crippen LogP contribution in [0.3, 0.4) is 0 Å². The summed E-state index contributed by atoms with van der Waals surface area (Å²) in [6, 6.07) is 15.8. The highest BCUT2D eigenvalue weighted by Crippen LogP contribution is 2.21. The summed E-state index contributed by atoms with van der Waals surface area (Å²) in [7, 11) is 0. The quantitative estimate of drug-likeness (QED) is 0.474. The fraction of sp³-hybridized carbons (Fsp3) is 0.333. The first-order chi connectivity index (χ1) is 14.0. The van der Waals surface area contributed by atoms with Crippen molar-refractivity contribution in [2.75, 3.05) is 0 Å². The molecule has 0 fully saturated rings. The number of carbonyl (C=O) groups is 1. The van der Waals surface area contributed by atoms with Crippen LogP contribution < -0.4 is 4.74 Å². The fourth-order valence-electron chi connectivity index (χ4n) is 3.22. The minimum atomic E-state index is 0.0426. The van der Waals surface area contributed by atoms with Crippen LogP contribution in [0, 0.1) is 13.8 Å². The second kappa shape index (κ2) is 9.70. The molecule has 29 heavy (non-hydrogen) atoms. The summed E-state index contributed by atoms with van der Waals surface area (Å²) < 4.78 is 5.92. The van der Waals surface area contributed by atoms with Crippen LogP contribution in [0.2, 0.25) is 0 Å². The number of nitrogens with zero attached hydrogens (tertiary/aromatic N) is 2. The molecule has 1 atom stereocenters. The maximum Gasteiger partial charge on any atom is 0.254 e. The van der Waals surface area contributed by atoms with E-state index in [-0.39, 0.29) is 11.9 Å². The van der Waals surface area contributed by atoms with Gasteiger partial charge in [0.15, 0.2) is 0 Å². The minimum Gasteiger partial charge on any atom is -0.486 e. The summed E-state index contributed by atoms with van der Waals surface area (Å²) in [5.74, 6) is 0.903. The van der Waals surface area contributed by atoms with Gasteiger partial charge in [-0.1, -0.05) is 31.2 Å². The largest absolute Gasteiger partial charge is 0.486 e. The number of aromatic nitrogens is 1. The molecule has 0 aliphatic heterocycles. The standard InChI is InChI=1S/C24H28N2O2S/c1-5-19(4)26(24(27)20-9-7-6-8-10-20)14-21-16-29-23(25-21)15-28-22-12-17(2)11-18(3)13-22/h6-13,16,19H,5,14-15H2,1-4H3. The second-order valence-electron chi connectivity index (χ2n) is 7.40. The lowest BCUT2D eigenvalue weighted by atomic mass is 10.1. The zero-order valence-electron chi connectivity index (χ0n) is 17.5. The molecule has 0 saturated heterocycles. The highest BCUT2D eigenvalue weighted by molar-refractivity contribution is 7.09. The first-order valence-corrected chi connectivity index (χ1v) is 10.8. The molecule has 0 N–H and O–H groups in total. The molecular formula is C24H28N2O2S. The zero-order chi connectivity index (χ0) is 20.8. The summed E-state index contributed by atoms with van der Waals surface area (Å²) >= 11 is 1.57. The maximum absolute atomic E-state index is 13.0. The van der Waals surface area contributed by atoms with Crippen molar-refractivity contribution in [1.82, 2.24) is 9.88 Å². The van der Waals surface area contributed by atoms with Gasteiger partial charge in [0.05, 0.1) is 12.2 Å². The van der Waals surface area contributed by atoms with Gasteiger partial charge in [-0.2, -0.15) is 0 Å². The van der Waals surface area contributed by atoms with Crippen LogP contribution in [0.4, 0.5) is 0 Å². The number of hydrogen-bond acceptors (Lipinski definition) is 4. The number of thiazole rings is 1. The van der Waals surface area contributed by atoms with Crippen molar-refractivity contribution < 1.29 is 9.53 Å². The molecule has 3 rings (SSSR count). The number of aryl methyl sites for hydroxylation is 2. The van der Waals surface area contributed by atoms with Gasteiger partial charge in [-0.25, -0.2) is 4.98 Å². The normalized spacial score (nSPS) is 11.9. The first kappa shape index (κ1) is 21.1. The summed E-state index contributed by atoms with van der Waals surface area (Å²) in [6.45, 7) is 9.24. The molecule has 3 aromatic rings. The molecule has 1 amide bonds. The van der Waals surface area contributed by atoms with Crippen LogP contribution in [0.15, 0.2) is 53.9 Å². The molecule has 2 aromatic carbocycles. The van der Waals surface area contributed by atoms with E-state index < -0.39 is 0 Å². The van der Waals surface area contributed by atoms with E-state index in [1.807, 2.05) is 52.7 Å². The van der Waals surface area contributed by atoms with Crippen LogP contribution >= 0.6 is 11.3 Å². The molecule has 0 saturated carbocycles. The van der Waals surface area contributed by atoms with E-state index in [9.17, 15) is 4.79 Å². The number of rotatable bonds is 8. The summed E-state index contributed by atoms with van der Waals surface area (Å²) in [5.41, 5.74) is 3.98. The Labute approximate surface area is 177 Å². The molecule has 152 valence electrons. The fourth-order valence-corrected chi connectivity index (χ4v) is 3.91. The number of ether oxygens (including phenoxy) is 1. The maximum atomic E-state index is 13.0. The van der Waals surface area contributed by atoms with Crippen molar-refractivity contribution in [1.29, 1.82) is 0 Å². The van der Waals surface area contributed by atoms with Gasteiger partial charge in [-0.05, 0) is 62.6 Å². The minimum absolute atomic E-state index is 0.0426. The van der Waals surface area contributed by atoms with E-state index in [1.54, 1.807) is 11.3 Å². The van der Waals surface area contributed by atoms with Crippen molar-refractivity contribution >= 4 is 17.2 Å². The number of hydrogen-bond donors (Lipinski definition) is 0. The van der Waals surface area contributed by atoms with Crippen LogP contribution in [0.5, 0.6) is 5.75 Å². The molecule has 1 aromatic heterocycles. The molecule has 4 nitrogen and oxygen atoms in total. The molecule has 5 heteroatoms. The summed E-state index contributed by atoms with van der Waals surface area (Å²) in [5, 5.41) is 2.93. The van der Waals surface area contributed by atoms with E-state index in [4.69, 9.17) is 9.72 Å². The van der Waals surface area contributed by atoms with Gasteiger partial charge in [-0.3, -0.25) is 4.79 Å². The predicted molar refractivity (Wildman–Crippen MR) is 118 cm³/mol. The molecule has 0 aliphatic carbocycles. The third-order valence-electron chi connectivity index (χ3n) is 4.89. The zero-order valence-corrected chi connectivity index (χ0v) is 18.3. The van der Waals surface area contributed by atoms with Crippen LogP contribution in [0.1, 0.15) is 52.5 Å². The molecule has 0 bridgehead atoms. The van der Waals surface area contributed by atoms with E-state index in [0.717, 1.165) is 22.9 Å². The lowest BCUT2D eigenvalue weighted by Gasteiger charge is -2.28. The summed E-state index contributed by atoms with van der Waals surface area (Å²) in [6.07, 6.45) is 0.894. The first-order valence-electron chi connectivity index (χ1n) is 9.96. The van der Waals surface area contributed by atoms with Crippen LogP contribution in [0.25, 0.3) is 0 Å². The Morgan fingerprint density at radius 1 is 1.14 bits per heavy atom. The van der Waals surface area contributed by atoms with Gasteiger partial charge >= 0.3 is 0 Å². The van der Waals surface area contributed by atoms with Crippen molar-refractivity contribution in [3.63, 3.8) is 0 Å². The van der Waals surface area contributed by atoms with Gasteiger partial charge in [0.25, 0.3) is 5.91 Å². The van der Waals surface area contributed by atoms with Gasteiger partial charge in [0.1, 0.15) is 17.4 Å². The van der Waals surface area contributed by atoms with Crippen LogP contribution in [-0.4, -0.2) is 21.8 Å². The van der Waals surface area contributed by atoms with E-state index >= 15 is 0 Å². The predicted octanol–water partition coefficient (Wildman–Crippen LogP) is 5.78. The molecule has 1 unspecified atom stereocenters. The lowest BCUT2D eigenvalue weighted by molar-refractivity contribution is 0.0669. The Kier molecular flexibility index (Phi) is 7.04. The Hall–Kier alpha value is -2.66. The molecule has 0 spiro atoms. The molecule has 1 heterocycles. The van der Waals surface area contributed by atoms with Crippen molar-refractivity contribution in [3.8, 4) is 5.75 Å². The van der Waals surface area contributed by atoms with E-state index in [2.05, 4.69) is 33.8 Å². The van der Waals surface area contributed by atoms with Crippen molar-refractivity contribution in [2.45, 2.75) is 53.3 Å². The Bertz CT molecular complexity index is 932. The van der Waals surface area contributed by atoms with Gasteiger partial charge in [-0.15, -0.1) is 11.3 Å². The van der Waals surface area contributed by atoms with Gasteiger partial charge in [0, 0.05) is 17.0 Å². The van der Waals surface area contributed by atoms with Gasteiger partial charge in [0.2, 0.25) is 0 Å². The third kappa shape index (κ3) is 5.67. The lowest BCUT2D eigenvalue weighted by Crippen LogP contribution is -2.37. The van der Waals surface area contributed by atoms with Crippen molar-refractivity contribution in [2.24, 2.45) is 0 Å². The van der Waals surface area contributed by atoms with E-state index in [0.29, 0.717) is 18.7 Å². The highest BCUT2D eigenvalue weighted by atomic mass is 32.1. The Morgan fingerprint density at radius 3 is 2.48 bits per heavy atom. The Balaban J connectivity index is 1.68. The summed E-state index contributed by atoms with van der Waals surface area (Å²) in [4.78, 5) is 19.6. The van der Waals surface area contributed by atoms with E-state index in [1.165, 1.54) is 11.1 Å². The molecular weight excluding hydrogens is 380 g/mol. The van der Waals surface area contributed by atoms with Crippen LogP contribution in [-0.2, 0) is 13.2 Å². The SMILES string of the molecule is CCC(C)N(Cc1csc(COc2cc(C)cc(C)c2)n1)C(=O)c1ccccc1. The third-order valence-corrected chi connectivity index (χ3v) is 5.76. The molecule has 0 radical (unpaired) electrons. The second-order valence-corrected chi connectivity index (χ2v) is 8.34. The smallest absolute Gasteiger partial charge is 0.254 e. The highest BCUT2D eigenvalue weighted by Gasteiger charge is 2.21. The topological polar surface area (TPSA) is 42.4 Å². The number of benzene rings is 2. The number of carbonyl (C=O) groups excluding carboxylic acids is 1. The van der Waals surface area contributed by atoms with Gasteiger partial charge < -0.3 is 9.64 Å². The number of amides is 1. The molecule has 0 aliphatic rings. The average Bonchev–Trinajstić information content (AvgIpc) is 3.17. The monoisotopic (exact) mass is 408 g/mol. The average molecular weight is 409 g/mol. The Morgan fingerprint density at radius 2 is 1.83 bits per heavy atom.